The van der Waals surface area contributed by atoms with Crippen molar-refractivity contribution in [2.24, 2.45) is 4.99 Å². The van der Waals surface area contributed by atoms with Crippen molar-refractivity contribution in [1.29, 1.82) is 0 Å². The zero-order valence-corrected chi connectivity index (χ0v) is 11.9. The zero-order chi connectivity index (χ0) is 14.7. The number of amides is 1. The molecule has 1 atom stereocenters. The number of hydrogen-bond donors (Lipinski definition) is 1. The average Bonchev–Trinajstić information content (AvgIpc) is 2.77. The molecule has 1 N–H and O–H groups in total. The van der Waals surface area contributed by atoms with E-state index in [1.54, 1.807) is 4.90 Å². The number of guanidine groups is 1. The first-order valence-electron chi connectivity index (χ1n) is 6.99. The molecule has 4 heteroatoms. The lowest BCUT2D eigenvalue weighted by Gasteiger charge is -2.19. The highest BCUT2D eigenvalue weighted by atomic mass is 16.2. The van der Waals surface area contributed by atoms with Crippen molar-refractivity contribution in [3.63, 3.8) is 0 Å². The molecule has 1 unspecified atom stereocenters. The van der Waals surface area contributed by atoms with Crippen molar-refractivity contribution in [3.8, 4) is 0 Å². The molecule has 0 aliphatic carbocycles. The standard InChI is InChI=1S/C17H17N3O/c1-13-16(21)20(12-14-8-4-2-5-9-14)17(18-13)19-15-10-6-3-7-11-15/h2-11,13H,12H2,1H3,(H,18,19). The Morgan fingerprint density at radius 3 is 2.33 bits per heavy atom. The lowest BCUT2D eigenvalue weighted by Crippen LogP contribution is -2.37. The minimum atomic E-state index is -0.333. The molecule has 21 heavy (non-hydrogen) atoms. The third-order valence-electron chi connectivity index (χ3n) is 3.41. The second-order valence-electron chi connectivity index (χ2n) is 5.03. The third-order valence-corrected chi connectivity index (χ3v) is 3.41. The molecule has 106 valence electrons. The van der Waals surface area contributed by atoms with Gasteiger partial charge < -0.3 is 5.32 Å². The van der Waals surface area contributed by atoms with Gasteiger partial charge in [0, 0.05) is 5.69 Å². The van der Waals surface area contributed by atoms with Gasteiger partial charge in [0.15, 0.2) is 0 Å². The second kappa shape index (κ2) is 5.79. The van der Waals surface area contributed by atoms with Crippen LogP contribution in [0.1, 0.15) is 12.5 Å². The van der Waals surface area contributed by atoms with Crippen LogP contribution < -0.4 is 5.32 Å². The van der Waals surface area contributed by atoms with Crippen LogP contribution in [0.4, 0.5) is 5.69 Å². The number of benzene rings is 2. The normalized spacial score (nSPS) is 17.8. The first-order valence-corrected chi connectivity index (χ1v) is 6.99. The van der Waals surface area contributed by atoms with E-state index in [1.165, 1.54) is 0 Å². The van der Waals surface area contributed by atoms with E-state index in [4.69, 9.17) is 0 Å². The summed E-state index contributed by atoms with van der Waals surface area (Å²) >= 11 is 0. The quantitative estimate of drug-likeness (QED) is 0.939. The van der Waals surface area contributed by atoms with Crippen LogP contribution >= 0.6 is 0 Å². The van der Waals surface area contributed by atoms with Gasteiger partial charge in [-0.1, -0.05) is 48.5 Å². The Morgan fingerprint density at radius 2 is 1.67 bits per heavy atom. The van der Waals surface area contributed by atoms with Gasteiger partial charge in [-0.15, -0.1) is 0 Å². The van der Waals surface area contributed by atoms with E-state index in [0.717, 1.165) is 11.3 Å². The molecule has 4 nitrogen and oxygen atoms in total. The summed E-state index contributed by atoms with van der Waals surface area (Å²) in [6.07, 6.45) is 0. The molecule has 3 rings (SSSR count). The molecular formula is C17H17N3O. The van der Waals surface area contributed by atoms with Crippen LogP contribution in [0.25, 0.3) is 0 Å². The number of carbonyl (C=O) groups excluding carboxylic acids is 1. The Balaban J connectivity index is 1.80. The van der Waals surface area contributed by atoms with Crippen molar-refractivity contribution in [2.75, 3.05) is 5.32 Å². The van der Waals surface area contributed by atoms with Crippen LogP contribution in [-0.4, -0.2) is 22.8 Å². The van der Waals surface area contributed by atoms with E-state index in [9.17, 15) is 4.79 Å². The van der Waals surface area contributed by atoms with Gasteiger partial charge >= 0.3 is 0 Å². The fourth-order valence-corrected chi connectivity index (χ4v) is 2.31. The maximum atomic E-state index is 12.3. The van der Waals surface area contributed by atoms with Crippen LogP contribution in [-0.2, 0) is 11.3 Å². The lowest BCUT2D eigenvalue weighted by molar-refractivity contribution is -0.127. The predicted octanol–water partition coefficient (Wildman–Crippen LogP) is 2.89. The van der Waals surface area contributed by atoms with Crippen LogP contribution in [0, 0.1) is 0 Å². The number of nitrogens with zero attached hydrogens (tertiary/aromatic N) is 2. The van der Waals surface area contributed by atoms with Crippen molar-refractivity contribution in [3.05, 3.63) is 66.2 Å². The first kappa shape index (κ1) is 13.4. The van der Waals surface area contributed by atoms with Gasteiger partial charge in [-0.3, -0.25) is 9.69 Å². The molecule has 0 bridgehead atoms. The third kappa shape index (κ3) is 2.94. The van der Waals surface area contributed by atoms with Crippen molar-refractivity contribution in [1.82, 2.24) is 4.90 Å². The van der Waals surface area contributed by atoms with Crippen LogP contribution in [0.15, 0.2) is 65.7 Å². The van der Waals surface area contributed by atoms with Crippen LogP contribution in [0.3, 0.4) is 0 Å². The lowest BCUT2D eigenvalue weighted by atomic mass is 10.2. The smallest absolute Gasteiger partial charge is 0.254 e. The van der Waals surface area contributed by atoms with Gasteiger partial charge in [0.2, 0.25) is 5.96 Å². The van der Waals surface area contributed by atoms with Crippen molar-refractivity contribution >= 4 is 17.6 Å². The van der Waals surface area contributed by atoms with Gasteiger partial charge in [-0.2, -0.15) is 0 Å². The number of para-hydroxylation sites is 1. The van der Waals surface area contributed by atoms with E-state index >= 15 is 0 Å². The maximum Gasteiger partial charge on any atom is 0.254 e. The van der Waals surface area contributed by atoms with Crippen molar-refractivity contribution < 1.29 is 4.79 Å². The van der Waals surface area contributed by atoms with E-state index in [2.05, 4.69) is 10.3 Å². The van der Waals surface area contributed by atoms with Gasteiger partial charge in [0.05, 0.1) is 6.54 Å². The highest BCUT2D eigenvalue weighted by Crippen LogP contribution is 2.17. The van der Waals surface area contributed by atoms with Gasteiger partial charge in [0.25, 0.3) is 5.91 Å². The molecule has 1 aliphatic rings. The molecule has 2 aromatic rings. The van der Waals surface area contributed by atoms with E-state index < -0.39 is 0 Å². The second-order valence-corrected chi connectivity index (χ2v) is 5.03. The van der Waals surface area contributed by atoms with Crippen LogP contribution in [0.5, 0.6) is 0 Å². The summed E-state index contributed by atoms with van der Waals surface area (Å²) in [6.45, 7) is 2.35. The molecule has 2 aromatic carbocycles. The van der Waals surface area contributed by atoms with Gasteiger partial charge in [-0.05, 0) is 24.6 Å². The Labute approximate surface area is 124 Å². The predicted molar refractivity (Wildman–Crippen MR) is 84.0 cm³/mol. The first-order chi connectivity index (χ1) is 10.2. The summed E-state index contributed by atoms with van der Waals surface area (Å²) in [7, 11) is 0. The molecule has 0 radical (unpaired) electrons. The molecule has 1 aliphatic heterocycles. The summed E-state index contributed by atoms with van der Waals surface area (Å²) < 4.78 is 0. The largest absolute Gasteiger partial charge is 0.326 e. The van der Waals surface area contributed by atoms with Gasteiger partial charge in [-0.25, -0.2) is 4.99 Å². The maximum absolute atomic E-state index is 12.3. The Bertz CT molecular complexity index is 652. The number of nitrogens with one attached hydrogen (secondary N) is 1. The number of anilines is 1. The highest BCUT2D eigenvalue weighted by molar-refractivity contribution is 6.10. The summed E-state index contributed by atoms with van der Waals surface area (Å²) in [5.41, 5.74) is 2.01. The molecule has 0 saturated carbocycles. The fourth-order valence-electron chi connectivity index (χ4n) is 2.31. The molecule has 0 fully saturated rings. The fraction of sp³-hybridized carbons (Fsp3) is 0.176. The summed E-state index contributed by atoms with van der Waals surface area (Å²) in [5, 5.41) is 3.23. The van der Waals surface area contributed by atoms with E-state index in [0.29, 0.717) is 12.5 Å². The average molecular weight is 279 g/mol. The highest BCUT2D eigenvalue weighted by Gasteiger charge is 2.31. The molecule has 1 amide bonds. The zero-order valence-electron chi connectivity index (χ0n) is 11.9. The number of rotatable bonds is 3. The molecule has 0 spiro atoms. The Morgan fingerprint density at radius 1 is 1.05 bits per heavy atom. The monoisotopic (exact) mass is 279 g/mol. The number of aliphatic imine (C=N–C) groups is 1. The van der Waals surface area contributed by atoms with Gasteiger partial charge in [0.1, 0.15) is 6.04 Å². The summed E-state index contributed by atoms with van der Waals surface area (Å²) in [6, 6.07) is 19.4. The molecular weight excluding hydrogens is 262 g/mol. The Hall–Kier alpha value is -2.62. The number of carbonyl (C=O) groups is 1. The molecule has 1 heterocycles. The Kier molecular flexibility index (Phi) is 3.69. The van der Waals surface area contributed by atoms with Crippen LogP contribution in [0.2, 0.25) is 0 Å². The minimum Gasteiger partial charge on any atom is -0.326 e. The SMILES string of the molecule is CC1N=C(Nc2ccccc2)N(Cc2ccccc2)C1=O. The topological polar surface area (TPSA) is 44.7 Å². The molecule has 0 aromatic heterocycles. The van der Waals surface area contributed by atoms with E-state index in [-0.39, 0.29) is 11.9 Å². The molecule has 0 saturated heterocycles. The minimum absolute atomic E-state index is 0.0253. The van der Waals surface area contributed by atoms with E-state index in [1.807, 2.05) is 67.6 Å². The summed E-state index contributed by atoms with van der Waals surface area (Å²) in [5.74, 6) is 0.639. The van der Waals surface area contributed by atoms with Crippen molar-refractivity contribution in [2.45, 2.75) is 19.5 Å². The summed E-state index contributed by atoms with van der Waals surface area (Å²) in [4.78, 5) is 18.4. The number of hydrogen-bond acceptors (Lipinski definition) is 3.